The van der Waals surface area contributed by atoms with E-state index in [0.29, 0.717) is 6.42 Å². The highest BCUT2D eigenvalue weighted by atomic mass is 19.1. The largest absolute Gasteiger partial charge is 0.370 e. The average molecular weight is 276 g/mol. The summed E-state index contributed by atoms with van der Waals surface area (Å²) in [5, 5.41) is 0.729. The molecule has 7 nitrogen and oxygen atoms in total. The third-order valence-corrected chi connectivity index (χ3v) is 2.30. The zero-order valence-electron chi connectivity index (χ0n) is 11.2. The van der Waals surface area contributed by atoms with Crippen molar-refractivity contribution in [3.8, 4) is 0 Å². The Morgan fingerprint density at radius 3 is 2.32 bits per heavy atom. The third-order valence-electron chi connectivity index (χ3n) is 2.30. The van der Waals surface area contributed by atoms with E-state index >= 15 is 0 Å². The first kappa shape index (κ1) is 17.3. The zero-order chi connectivity index (χ0) is 15.0. The minimum atomic E-state index is -1.28. The van der Waals surface area contributed by atoms with Crippen LogP contribution in [0.2, 0.25) is 0 Å². The van der Waals surface area contributed by atoms with Gasteiger partial charge in [0.25, 0.3) is 11.8 Å². The number of nitrogens with one attached hydrogen (secondary N) is 1. The molecule has 1 unspecified atom stereocenters. The van der Waals surface area contributed by atoms with Crippen molar-refractivity contribution < 1.29 is 18.8 Å². The summed E-state index contributed by atoms with van der Waals surface area (Å²) in [5.41, 5.74) is 12.8. The SMILES string of the molecule is CC(C)CC(N)C(=O)NN(CCC(N)=O)C(=O)CF. The summed E-state index contributed by atoms with van der Waals surface area (Å²) in [4.78, 5) is 33.6. The maximum absolute atomic E-state index is 12.3. The first-order chi connectivity index (χ1) is 8.77. The van der Waals surface area contributed by atoms with Crippen molar-refractivity contribution in [1.82, 2.24) is 10.4 Å². The minimum Gasteiger partial charge on any atom is -0.370 e. The van der Waals surface area contributed by atoms with Gasteiger partial charge >= 0.3 is 0 Å². The molecule has 0 aliphatic carbocycles. The number of rotatable bonds is 7. The van der Waals surface area contributed by atoms with E-state index < -0.39 is 30.4 Å². The second-order valence-corrected chi connectivity index (χ2v) is 4.61. The van der Waals surface area contributed by atoms with E-state index in [-0.39, 0.29) is 18.9 Å². The van der Waals surface area contributed by atoms with Gasteiger partial charge in [0.1, 0.15) is 0 Å². The van der Waals surface area contributed by atoms with Crippen molar-refractivity contribution in [1.29, 1.82) is 0 Å². The van der Waals surface area contributed by atoms with Gasteiger partial charge < -0.3 is 11.5 Å². The van der Waals surface area contributed by atoms with Gasteiger partial charge in [-0.1, -0.05) is 13.8 Å². The number of amides is 3. The van der Waals surface area contributed by atoms with E-state index in [2.05, 4.69) is 5.43 Å². The summed E-state index contributed by atoms with van der Waals surface area (Å²) < 4.78 is 12.3. The van der Waals surface area contributed by atoms with Crippen molar-refractivity contribution in [3.63, 3.8) is 0 Å². The summed E-state index contributed by atoms with van der Waals surface area (Å²) in [5.74, 6) is -2.00. The lowest BCUT2D eigenvalue weighted by atomic mass is 10.0. The fourth-order valence-electron chi connectivity index (χ4n) is 1.37. The maximum atomic E-state index is 12.3. The van der Waals surface area contributed by atoms with Crippen molar-refractivity contribution in [2.24, 2.45) is 17.4 Å². The molecule has 0 rings (SSSR count). The number of alkyl halides is 1. The number of halogens is 1. The molecule has 0 aliphatic rings. The average Bonchev–Trinajstić information content (AvgIpc) is 2.31. The third kappa shape index (κ3) is 7.35. The highest BCUT2D eigenvalue weighted by Gasteiger charge is 2.21. The van der Waals surface area contributed by atoms with Crippen molar-refractivity contribution >= 4 is 17.7 Å². The fraction of sp³-hybridized carbons (Fsp3) is 0.727. The van der Waals surface area contributed by atoms with Crippen molar-refractivity contribution in [2.75, 3.05) is 13.2 Å². The van der Waals surface area contributed by atoms with E-state index in [1.807, 2.05) is 13.8 Å². The highest BCUT2D eigenvalue weighted by Crippen LogP contribution is 2.03. The number of nitrogens with zero attached hydrogens (tertiary/aromatic N) is 1. The predicted octanol–water partition coefficient (Wildman–Crippen LogP) is -0.935. The van der Waals surface area contributed by atoms with Crippen LogP contribution in [0.25, 0.3) is 0 Å². The smallest absolute Gasteiger partial charge is 0.272 e. The van der Waals surface area contributed by atoms with Crippen molar-refractivity contribution in [3.05, 3.63) is 0 Å². The molecule has 0 aromatic carbocycles. The molecule has 110 valence electrons. The van der Waals surface area contributed by atoms with Gasteiger partial charge in [0, 0.05) is 6.42 Å². The summed E-state index contributed by atoms with van der Waals surface area (Å²) in [7, 11) is 0. The van der Waals surface area contributed by atoms with E-state index in [4.69, 9.17) is 11.5 Å². The van der Waals surface area contributed by atoms with Gasteiger partial charge in [-0.15, -0.1) is 0 Å². The molecule has 3 amide bonds. The maximum Gasteiger partial charge on any atom is 0.272 e. The van der Waals surface area contributed by atoms with E-state index in [9.17, 15) is 18.8 Å². The Morgan fingerprint density at radius 2 is 1.89 bits per heavy atom. The Bertz CT molecular complexity index is 336. The Kier molecular flexibility index (Phi) is 7.66. The number of carbonyl (C=O) groups excluding carboxylic acids is 3. The normalized spacial score (nSPS) is 12.1. The summed E-state index contributed by atoms with van der Waals surface area (Å²) in [6.07, 6.45) is 0.255. The number of primary amides is 1. The quantitative estimate of drug-likeness (QED) is 0.520. The lowest BCUT2D eigenvalue weighted by Gasteiger charge is -2.24. The molecule has 5 N–H and O–H groups in total. The summed E-state index contributed by atoms with van der Waals surface area (Å²) >= 11 is 0. The Hall–Kier alpha value is -1.70. The van der Waals surface area contributed by atoms with Crippen LogP contribution < -0.4 is 16.9 Å². The fourth-order valence-corrected chi connectivity index (χ4v) is 1.37. The van der Waals surface area contributed by atoms with E-state index in [1.165, 1.54) is 0 Å². The summed E-state index contributed by atoms with van der Waals surface area (Å²) in [6.45, 7) is 2.33. The number of carbonyl (C=O) groups is 3. The molecule has 8 heteroatoms. The molecule has 0 aliphatic heterocycles. The Balaban J connectivity index is 4.49. The van der Waals surface area contributed by atoms with Crippen LogP contribution >= 0.6 is 0 Å². The van der Waals surface area contributed by atoms with E-state index in [0.717, 1.165) is 5.01 Å². The van der Waals surface area contributed by atoms with Crippen LogP contribution in [-0.2, 0) is 14.4 Å². The zero-order valence-corrected chi connectivity index (χ0v) is 11.2. The van der Waals surface area contributed by atoms with Gasteiger partial charge in [-0.2, -0.15) is 0 Å². The van der Waals surface area contributed by atoms with Gasteiger partial charge in [0.15, 0.2) is 6.67 Å². The molecule has 0 heterocycles. The van der Waals surface area contributed by atoms with Crippen LogP contribution in [0.15, 0.2) is 0 Å². The topological polar surface area (TPSA) is 119 Å². The first-order valence-corrected chi connectivity index (χ1v) is 5.98. The number of hydrazine groups is 1. The van der Waals surface area contributed by atoms with Crippen LogP contribution in [0.4, 0.5) is 4.39 Å². The van der Waals surface area contributed by atoms with Gasteiger partial charge in [-0.3, -0.25) is 24.8 Å². The molecular weight excluding hydrogens is 255 g/mol. The number of hydrogen-bond acceptors (Lipinski definition) is 4. The monoisotopic (exact) mass is 276 g/mol. The van der Waals surface area contributed by atoms with Crippen LogP contribution in [0.1, 0.15) is 26.7 Å². The lowest BCUT2D eigenvalue weighted by molar-refractivity contribution is -0.143. The first-order valence-electron chi connectivity index (χ1n) is 5.98. The molecule has 0 fully saturated rings. The molecule has 19 heavy (non-hydrogen) atoms. The van der Waals surface area contributed by atoms with Crippen LogP contribution in [0.5, 0.6) is 0 Å². The molecule has 0 spiro atoms. The van der Waals surface area contributed by atoms with E-state index in [1.54, 1.807) is 0 Å². The second kappa shape index (κ2) is 8.41. The molecule has 0 saturated heterocycles. The molecule has 0 aromatic heterocycles. The minimum absolute atomic E-state index is 0.175. The molecule has 1 atom stereocenters. The molecule has 0 bridgehead atoms. The van der Waals surface area contributed by atoms with Crippen LogP contribution in [0.3, 0.4) is 0 Å². The lowest BCUT2D eigenvalue weighted by Crippen LogP contribution is -2.53. The molecule has 0 radical (unpaired) electrons. The predicted molar refractivity (Wildman–Crippen MR) is 67.1 cm³/mol. The molecule has 0 aromatic rings. The Morgan fingerprint density at radius 1 is 1.32 bits per heavy atom. The standard InChI is InChI=1S/C11H21FN4O3/c1-7(2)5-8(13)11(19)15-16(10(18)6-12)4-3-9(14)17/h7-8H,3-6,13H2,1-2H3,(H2,14,17)(H,15,19). The van der Waals surface area contributed by atoms with Gasteiger partial charge in [0.2, 0.25) is 5.91 Å². The molecule has 0 saturated carbocycles. The van der Waals surface area contributed by atoms with Gasteiger partial charge in [-0.25, -0.2) is 4.39 Å². The number of hydrogen-bond donors (Lipinski definition) is 3. The molecular formula is C11H21FN4O3. The van der Waals surface area contributed by atoms with Crippen LogP contribution in [0, 0.1) is 5.92 Å². The Labute approximate surface area is 111 Å². The van der Waals surface area contributed by atoms with Gasteiger partial charge in [-0.05, 0) is 12.3 Å². The number of nitrogens with two attached hydrogens (primary N) is 2. The highest BCUT2D eigenvalue weighted by molar-refractivity contribution is 5.86. The van der Waals surface area contributed by atoms with Crippen LogP contribution in [-0.4, -0.2) is 42.0 Å². The second-order valence-electron chi connectivity index (χ2n) is 4.61. The summed E-state index contributed by atoms with van der Waals surface area (Å²) in [6, 6.07) is -0.802. The van der Waals surface area contributed by atoms with Gasteiger partial charge in [0.05, 0.1) is 12.6 Å². The van der Waals surface area contributed by atoms with Crippen molar-refractivity contribution in [2.45, 2.75) is 32.7 Å².